The Morgan fingerprint density at radius 1 is 1.33 bits per heavy atom. The van der Waals surface area contributed by atoms with Gasteiger partial charge in [-0.15, -0.1) is 22.7 Å². The molecule has 2 rings (SSSR count). The number of nitrogens with one attached hydrogen (secondary N) is 1. The van der Waals surface area contributed by atoms with Crippen LogP contribution in [-0.4, -0.2) is 0 Å². The van der Waals surface area contributed by atoms with E-state index in [2.05, 4.69) is 16.9 Å². The van der Waals surface area contributed by atoms with Crippen LogP contribution in [0.5, 0.6) is 0 Å². The molecule has 0 aliphatic heterocycles. The van der Waals surface area contributed by atoms with Crippen LogP contribution in [0.1, 0.15) is 15.8 Å². The van der Waals surface area contributed by atoms with Gasteiger partial charge in [0, 0.05) is 16.2 Å². The van der Waals surface area contributed by atoms with Crippen molar-refractivity contribution in [1.29, 1.82) is 0 Å². The highest BCUT2D eigenvalue weighted by Crippen LogP contribution is 2.31. The molecule has 0 aliphatic carbocycles. The molecule has 80 valence electrons. The minimum atomic E-state index is 0.108. The largest absolute Gasteiger partial charge is 0.271 e. The smallest absolute Gasteiger partial charge is 0.0616 e. The lowest BCUT2D eigenvalue weighted by Gasteiger charge is -2.13. The predicted molar refractivity (Wildman–Crippen MR) is 67.4 cm³/mol. The molecule has 0 bridgehead atoms. The Labute approximate surface area is 102 Å². The number of hydrogen-bond donors (Lipinski definition) is 2. The van der Waals surface area contributed by atoms with Gasteiger partial charge in [-0.1, -0.05) is 17.7 Å². The Morgan fingerprint density at radius 3 is 2.73 bits per heavy atom. The summed E-state index contributed by atoms with van der Waals surface area (Å²) in [4.78, 5) is 2.41. The van der Waals surface area contributed by atoms with E-state index in [1.807, 2.05) is 17.5 Å². The summed E-state index contributed by atoms with van der Waals surface area (Å²) in [7, 11) is 0. The first-order valence-electron chi connectivity index (χ1n) is 4.52. The molecule has 0 amide bonds. The summed E-state index contributed by atoms with van der Waals surface area (Å²) in [6.07, 6.45) is 0.883. The minimum absolute atomic E-state index is 0.108. The van der Waals surface area contributed by atoms with Crippen molar-refractivity contribution in [3.05, 3.63) is 43.7 Å². The summed E-state index contributed by atoms with van der Waals surface area (Å²) in [6.45, 7) is 0. The fraction of sp³-hybridized carbons (Fsp3) is 0.200. The highest BCUT2D eigenvalue weighted by molar-refractivity contribution is 7.11. The van der Waals surface area contributed by atoms with Crippen molar-refractivity contribution in [2.24, 2.45) is 5.84 Å². The van der Waals surface area contributed by atoms with Gasteiger partial charge in [-0.3, -0.25) is 11.3 Å². The lowest BCUT2D eigenvalue weighted by Crippen LogP contribution is -2.28. The second-order valence-electron chi connectivity index (χ2n) is 3.14. The van der Waals surface area contributed by atoms with Crippen molar-refractivity contribution in [3.63, 3.8) is 0 Å². The molecule has 5 heteroatoms. The van der Waals surface area contributed by atoms with Crippen LogP contribution in [0.4, 0.5) is 0 Å². The van der Waals surface area contributed by atoms with Gasteiger partial charge in [0.2, 0.25) is 0 Å². The van der Waals surface area contributed by atoms with Crippen molar-refractivity contribution in [2.45, 2.75) is 12.5 Å². The summed E-state index contributed by atoms with van der Waals surface area (Å²) in [5.41, 5.74) is 2.82. The molecule has 0 aromatic carbocycles. The van der Waals surface area contributed by atoms with Crippen LogP contribution < -0.4 is 11.3 Å². The van der Waals surface area contributed by atoms with Crippen LogP contribution in [0.25, 0.3) is 0 Å². The van der Waals surface area contributed by atoms with Gasteiger partial charge in [-0.05, 0) is 22.9 Å². The molecule has 1 unspecified atom stereocenters. The van der Waals surface area contributed by atoms with Gasteiger partial charge in [0.1, 0.15) is 0 Å². The molecule has 0 radical (unpaired) electrons. The molecule has 0 fully saturated rings. The van der Waals surface area contributed by atoms with Gasteiger partial charge in [0.15, 0.2) is 0 Å². The minimum Gasteiger partial charge on any atom is -0.271 e. The maximum absolute atomic E-state index is 6.07. The van der Waals surface area contributed by atoms with Gasteiger partial charge < -0.3 is 0 Å². The zero-order valence-corrected chi connectivity index (χ0v) is 10.3. The van der Waals surface area contributed by atoms with Crippen LogP contribution >= 0.6 is 34.3 Å². The van der Waals surface area contributed by atoms with Crippen molar-refractivity contribution in [3.8, 4) is 0 Å². The van der Waals surface area contributed by atoms with E-state index in [4.69, 9.17) is 17.4 Å². The molecule has 2 aromatic rings. The van der Waals surface area contributed by atoms with Crippen LogP contribution in [0.15, 0.2) is 29.0 Å². The van der Waals surface area contributed by atoms with Gasteiger partial charge in [-0.2, -0.15) is 0 Å². The van der Waals surface area contributed by atoms with Crippen molar-refractivity contribution in [1.82, 2.24) is 5.43 Å². The summed E-state index contributed by atoms with van der Waals surface area (Å²) < 4.78 is 0. The third kappa shape index (κ3) is 2.59. The van der Waals surface area contributed by atoms with E-state index in [0.29, 0.717) is 0 Å². The molecule has 3 N–H and O–H groups in total. The second-order valence-corrected chi connectivity index (χ2v) is 5.52. The third-order valence-corrected chi connectivity index (χ3v) is 4.52. The van der Waals surface area contributed by atoms with E-state index in [1.54, 1.807) is 22.7 Å². The molecule has 0 aliphatic rings. The lowest BCUT2D eigenvalue weighted by molar-refractivity contribution is 0.564. The first-order chi connectivity index (χ1) is 7.31. The predicted octanol–water partition coefficient (Wildman–Crippen LogP) is 3.21. The van der Waals surface area contributed by atoms with E-state index < -0.39 is 0 Å². The summed E-state index contributed by atoms with van der Waals surface area (Å²) in [6, 6.07) is 6.16. The lowest BCUT2D eigenvalue weighted by atomic mass is 10.1. The fourth-order valence-corrected chi connectivity index (χ4v) is 3.41. The van der Waals surface area contributed by atoms with Crippen LogP contribution in [0, 0.1) is 0 Å². The highest BCUT2D eigenvalue weighted by Gasteiger charge is 2.15. The Morgan fingerprint density at radius 2 is 2.20 bits per heavy atom. The molecule has 0 saturated heterocycles. The van der Waals surface area contributed by atoms with E-state index in [9.17, 15) is 0 Å². The molecule has 2 nitrogen and oxygen atoms in total. The van der Waals surface area contributed by atoms with Gasteiger partial charge in [0.25, 0.3) is 0 Å². The van der Waals surface area contributed by atoms with Crippen LogP contribution in [0.2, 0.25) is 5.02 Å². The number of nitrogens with two attached hydrogens (primary N) is 1. The van der Waals surface area contributed by atoms with E-state index in [-0.39, 0.29) is 6.04 Å². The van der Waals surface area contributed by atoms with Gasteiger partial charge in [0.05, 0.1) is 11.1 Å². The Kier molecular flexibility index (Phi) is 3.77. The quantitative estimate of drug-likeness (QED) is 0.653. The van der Waals surface area contributed by atoms with Gasteiger partial charge in [-0.25, -0.2) is 0 Å². The monoisotopic (exact) mass is 258 g/mol. The van der Waals surface area contributed by atoms with Crippen molar-refractivity contribution < 1.29 is 0 Å². The van der Waals surface area contributed by atoms with Gasteiger partial charge >= 0.3 is 0 Å². The molecule has 1 atom stereocenters. The molecule has 2 heterocycles. The molecular weight excluding hydrogens is 248 g/mol. The number of hydrazine groups is 1. The zero-order valence-electron chi connectivity index (χ0n) is 7.94. The number of hydrogen-bond acceptors (Lipinski definition) is 4. The summed E-state index contributed by atoms with van der Waals surface area (Å²) >= 11 is 9.44. The van der Waals surface area contributed by atoms with Crippen LogP contribution in [-0.2, 0) is 6.42 Å². The third-order valence-electron chi connectivity index (χ3n) is 2.15. The molecule has 15 heavy (non-hydrogen) atoms. The molecule has 0 spiro atoms. The first-order valence-corrected chi connectivity index (χ1v) is 6.66. The van der Waals surface area contributed by atoms with E-state index >= 15 is 0 Å². The SMILES string of the molecule is NNC(Cc1cccs1)c1sccc1Cl. The molecule has 0 saturated carbocycles. The topological polar surface area (TPSA) is 38.0 Å². The van der Waals surface area contributed by atoms with Crippen molar-refractivity contribution in [2.75, 3.05) is 0 Å². The Bertz CT molecular complexity index is 411. The van der Waals surface area contributed by atoms with E-state index in [0.717, 1.165) is 16.3 Å². The second kappa shape index (κ2) is 5.09. The number of rotatable bonds is 4. The molecule has 2 aromatic heterocycles. The first kappa shape index (κ1) is 11.1. The maximum Gasteiger partial charge on any atom is 0.0616 e. The number of thiophene rings is 2. The molecular formula is C10H11ClN2S2. The fourth-order valence-electron chi connectivity index (χ4n) is 1.41. The van der Waals surface area contributed by atoms with Crippen molar-refractivity contribution >= 4 is 34.3 Å². The Hall–Kier alpha value is -0.390. The standard InChI is InChI=1S/C10H11ClN2S2/c11-8-3-5-15-10(8)9(13-12)6-7-2-1-4-14-7/h1-5,9,13H,6,12H2. The normalized spacial score (nSPS) is 12.9. The Balaban J connectivity index is 2.15. The average molecular weight is 259 g/mol. The van der Waals surface area contributed by atoms with Crippen LogP contribution in [0.3, 0.4) is 0 Å². The summed E-state index contributed by atoms with van der Waals surface area (Å²) in [5.74, 6) is 5.55. The number of halogens is 1. The average Bonchev–Trinajstić information content (AvgIpc) is 2.85. The maximum atomic E-state index is 6.07. The summed E-state index contributed by atoms with van der Waals surface area (Å²) in [5, 5.41) is 4.84. The highest BCUT2D eigenvalue weighted by atomic mass is 35.5. The van der Waals surface area contributed by atoms with E-state index in [1.165, 1.54) is 4.88 Å². The zero-order chi connectivity index (χ0) is 10.7.